The normalized spacial score (nSPS) is 17.8. The molecule has 4 aromatic rings. The Kier molecular flexibility index (Phi) is 5.52. The second-order valence-electron chi connectivity index (χ2n) is 9.60. The highest BCUT2D eigenvalue weighted by Crippen LogP contribution is 2.54. The number of hydrogen-bond acceptors (Lipinski definition) is 5. The number of carbonyl (C=O) groups excluding carboxylic acids is 2. The Hall–Kier alpha value is -3.88. The van der Waals surface area contributed by atoms with Gasteiger partial charge >= 0.3 is 0 Å². The standard InChI is InChI=1S/C28H23Cl2N5O3/c1-14(2)34-24-23(33-25(34)19-13-31-15(3)10-22(19)38-4)26(36)35(18-7-5-6-16(29)11-18)28(24)20-9-8-17(30)12-21(20)32-27(28)37/h5-14H,1-4H3,(H,32,37). The van der Waals surface area contributed by atoms with E-state index in [1.165, 1.54) is 4.90 Å². The van der Waals surface area contributed by atoms with Crippen LogP contribution in [0, 0.1) is 6.92 Å². The lowest BCUT2D eigenvalue weighted by Gasteiger charge is -2.35. The van der Waals surface area contributed by atoms with Crippen LogP contribution in [0.4, 0.5) is 11.4 Å². The van der Waals surface area contributed by atoms with Crippen molar-refractivity contribution in [2.45, 2.75) is 32.4 Å². The van der Waals surface area contributed by atoms with E-state index in [2.05, 4.69) is 10.3 Å². The number of halogens is 2. The molecule has 2 amide bonds. The molecular formula is C28H23Cl2N5O3. The quantitative estimate of drug-likeness (QED) is 0.338. The van der Waals surface area contributed by atoms with E-state index in [4.69, 9.17) is 32.9 Å². The number of imidazole rings is 1. The molecule has 192 valence electrons. The van der Waals surface area contributed by atoms with Crippen LogP contribution >= 0.6 is 23.2 Å². The van der Waals surface area contributed by atoms with E-state index in [1.807, 2.05) is 31.4 Å². The van der Waals surface area contributed by atoms with Gasteiger partial charge in [0.1, 0.15) is 11.6 Å². The zero-order valence-corrected chi connectivity index (χ0v) is 22.6. The summed E-state index contributed by atoms with van der Waals surface area (Å²) in [6, 6.07) is 13.7. The summed E-state index contributed by atoms with van der Waals surface area (Å²) in [6.45, 7) is 5.83. The van der Waals surface area contributed by atoms with Gasteiger partial charge in [-0.3, -0.25) is 19.5 Å². The first-order chi connectivity index (χ1) is 18.2. The highest BCUT2D eigenvalue weighted by atomic mass is 35.5. The molecule has 1 atom stereocenters. The number of nitrogens with one attached hydrogen (secondary N) is 1. The summed E-state index contributed by atoms with van der Waals surface area (Å²) in [5.41, 5.74) is 2.10. The number of benzene rings is 2. The van der Waals surface area contributed by atoms with Gasteiger partial charge in [0.15, 0.2) is 11.2 Å². The molecule has 0 bridgehead atoms. The van der Waals surface area contributed by atoms with Crippen LogP contribution < -0.4 is 15.0 Å². The first kappa shape index (κ1) is 24.5. The maximum atomic E-state index is 14.3. The van der Waals surface area contributed by atoms with Crippen molar-refractivity contribution in [1.82, 2.24) is 14.5 Å². The molecule has 0 saturated carbocycles. The number of fused-ring (bicyclic) bond motifs is 4. The first-order valence-corrected chi connectivity index (χ1v) is 12.8. The molecule has 2 aromatic carbocycles. The van der Waals surface area contributed by atoms with Gasteiger partial charge in [0.05, 0.1) is 18.4 Å². The predicted octanol–water partition coefficient (Wildman–Crippen LogP) is 6.01. The number of hydrogen-bond donors (Lipinski definition) is 1. The van der Waals surface area contributed by atoms with E-state index in [0.29, 0.717) is 49.8 Å². The van der Waals surface area contributed by atoms with Crippen molar-refractivity contribution in [2.24, 2.45) is 0 Å². The zero-order chi connectivity index (χ0) is 26.9. The summed E-state index contributed by atoms with van der Waals surface area (Å²) < 4.78 is 7.58. The lowest BCUT2D eigenvalue weighted by atomic mass is 9.87. The molecule has 4 heterocycles. The minimum atomic E-state index is -1.54. The molecule has 0 fully saturated rings. The molecule has 2 aliphatic rings. The summed E-state index contributed by atoms with van der Waals surface area (Å²) in [7, 11) is 1.58. The number of methoxy groups -OCH3 is 1. The Balaban J connectivity index is 1.73. The average molecular weight is 548 g/mol. The summed E-state index contributed by atoms with van der Waals surface area (Å²) >= 11 is 12.6. The van der Waals surface area contributed by atoms with Gasteiger partial charge in [-0.1, -0.05) is 35.3 Å². The van der Waals surface area contributed by atoms with Crippen LogP contribution in [-0.4, -0.2) is 33.5 Å². The summed E-state index contributed by atoms with van der Waals surface area (Å²) in [6.07, 6.45) is 1.68. The predicted molar refractivity (Wildman–Crippen MR) is 146 cm³/mol. The molecule has 8 nitrogen and oxygen atoms in total. The Morgan fingerprint density at radius 2 is 1.82 bits per heavy atom. The lowest BCUT2D eigenvalue weighted by molar-refractivity contribution is -0.119. The number of pyridine rings is 1. The monoisotopic (exact) mass is 547 g/mol. The highest BCUT2D eigenvalue weighted by molar-refractivity contribution is 6.32. The molecule has 10 heteroatoms. The van der Waals surface area contributed by atoms with E-state index in [0.717, 1.165) is 5.69 Å². The van der Waals surface area contributed by atoms with Crippen LogP contribution in [0.5, 0.6) is 5.75 Å². The maximum absolute atomic E-state index is 14.3. The number of aryl methyl sites for hydroxylation is 1. The van der Waals surface area contributed by atoms with Crippen molar-refractivity contribution in [3.63, 3.8) is 0 Å². The molecular weight excluding hydrogens is 525 g/mol. The van der Waals surface area contributed by atoms with Crippen molar-refractivity contribution in [3.05, 3.63) is 87.4 Å². The van der Waals surface area contributed by atoms with Crippen molar-refractivity contribution in [3.8, 4) is 17.1 Å². The Bertz CT molecular complexity index is 1660. The van der Waals surface area contributed by atoms with Gasteiger partial charge in [0.25, 0.3) is 11.8 Å². The number of carbonyl (C=O) groups is 2. The number of nitrogens with zero attached hydrogens (tertiary/aromatic N) is 4. The van der Waals surface area contributed by atoms with Crippen LogP contribution in [0.2, 0.25) is 10.0 Å². The van der Waals surface area contributed by atoms with E-state index in [1.54, 1.807) is 55.8 Å². The fourth-order valence-corrected chi connectivity index (χ4v) is 5.87. The van der Waals surface area contributed by atoms with Crippen molar-refractivity contribution < 1.29 is 14.3 Å². The van der Waals surface area contributed by atoms with Crippen molar-refractivity contribution >= 4 is 46.4 Å². The number of ether oxygens (including phenoxy) is 1. The second-order valence-corrected chi connectivity index (χ2v) is 10.5. The Morgan fingerprint density at radius 3 is 2.53 bits per heavy atom. The molecule has 2 aliphatic heterocycles. The van der Waals surface area contributed by atoms with Crippen LogP contribution in [0.25, 0.3) is 11.4 Å². The van der Waals surface area contributed by atoms with Gasteiger partial charge in [0.2, 0.25) is 0 Å². The average Bonchev–Trinajstić information content (AvgIpc) is 3.47. The third kappa shape index (κ3) is 3.23. The van der Waals surface area contributed by atoms with Gasteiger partial charge < -0.3 is 14.6 Å². The van der Waals surface area contributed by atoms with Crippen molar-refractivity contribution in [2.75, 3.05) is 17.3 Å². The van der Waals surface area contributed by atoms with E-state index < -0.39 is 11.4 Å². The molecule has 6 rings (SSSR count). The van der Waals surface area contributed by atoms with Crippen LogP contribution in [-0.2, 0) is 10.3 Å². The van der Waals surface area contributed by atoms with Crippen LogP contribution in [0.1, 0.15) is 47.3 Å². The van der Waals surface area contributed by atoms with E-state index >= 15 is 0 Å². The largest absolute Gasteiger partial charge is 0.496 e. The minimum absolute atomic E-state index is 0.175. The van der Waals surface area contributed by atoms with Crippen LogP contribution in [0.3, 0.4) is 0 Å². The van der Waals surface area contributed by atoms with E-state index in [9.17, 15) is 9.59 Å². The molecule has 0 aliphatic carbocycles. The molecule has 38 heavy (non-hydrogen) atoms. The van der Waals surface area contributed by atoms with Gasteiger partial charge in [0, 0.05) is 51.0 Å². The third-order valence-corrected chi connectivity index (χ3v) is 7.46. The molecule has 1 spiro atoms. The molecule has 1 unspecified atom stereocenters. The number of amides is 2. The smallest absolute Gasteiger partial charge is 0.280 e. The second kappa shape index (κ2) is 8.58. The maximum Gasteiger partial charge on any atom is 0.280 e. The summed E-state index contributed by atoms with van der Waals surface area (Å²) in [5, 5.41) is 3.87. The number of anilines is 2. The van der Waals surface area contributed by atoms with Crippen LogP contribution in [0.15, 0.2) is 54.7 Å². The fourth-order valence-electron chi connectivity index (χ4n) is 5.51. The van der Waals surface area contributed by atoms with E-state index in [-0.39, 0.29) is 17.6 Å². The highest BCUT2D eigenvalue weighted by Gasteiger charge is 2.64. The zero-order valence-electron chi connectivity index (χ0n) is 21.0. The fraction of sp³-hybridized carbons (Fsp3) is 0.214. The summed E-state index contributed by atoms with van der Waals surface area (Å²) in [4.78, 5) is 39.2. The van der Waals surface area contributed by atoms with Gasteiger partial charge in [-0.15, -0.1) is 0 Å². The Labute approximate surface area is 229 Å². The topological polar surface area (TPSA) is 89.3 Å². The van der Waals surface area contributed by atoms with Gasteiger partial charge in [-0.05, 0) is 51.1 Å². The lowest BCUT2D eigenvalue weighted by Crippen LogP contribution is -2.51. The molecule has 0 radical (unpaired) electrons. The molecule has 1 N–H and O–H groups in total. The molecule has 2 aromatic heterocycles. The Morgan fingerprint density at radius 1 is 1.05 bits per heavy atom. The summed E-state index contributed by atoms with van der Waals surface area (Å²) in [5.74, 6) is 0.256. The van der Waals surface area contributed by atoms with Crippen molar-refractivity contribution in [1.29, 1.82) is 0 Å². The van der Waals surface area contributed by atoms with Gasteiger partial charge in [-0.25, -0.2) is 4.98 Å². The third-order valence-electron chi connectivity index (χ3n) is 6.99. The minimum Gasteiger partial charge on any atom is -0.496 e. The first-order valence-electron chi connectivity index (χ1n) is 12.0. The number of rotatable bonds is 4. The number of aromatic nitrogens is 3. The molecule has 0 saturated heterocycles. The SMILES string of the molecule is COc1cc(C)ncc1-c1nc2c(n1C(C)C)C1(C(=O)Nc3cc(Cl)ccc31)N(c1cccc(Cl)c1)C2=O. The van der Waals surface area contributed by atoms with Gasteiger partial charge in [-0.2, -0.15) is 0 Å².